The minimum absolute atomic E-state index is 0.807. The predicted octanol–water partition coefficient (Wildman–Crippen LogP) is 3.51. The van der Waals surface area contributed by atoms with Gasteiger partial charge in [0.1, 0.15) is 0 Å². The van der Waals surface area contributed by atoms with Crippen molar-refractivity contribution in [2.75, 3.05) is 0 Å². The van der Waals surface area contributed by atoms with Crippen molar-refractivity contribution in [1.29, 1.82) is 0 Å². The second-order valence-electron chi connectivity index (χ2n) is 3.51. The molecular weight excluding hydrogens is 200 g/mol. The maximum Gasteiger partial charge on any atom is 0.0890 e. The number of nitrogens with zero attached hydrogens (tertiary/aromatic N) is 4. The molecule has 0 fully saturated rings. The summed E-state index contributed by atoms with van der Waals surface area (Å²) < 4.78 is 0. The van der Waals surface area contributed by atoms with E-state index in [4.69, 9.17) is 0 Å². The van der Waals surface area contributed by atoms with Gasteiger partial charge in [-0.05, 0) is 38.1 Å². The van der Waals surface area contributed by atoms with Crippen molar-refractivity contribution in [2.45, 2.75) is 13.8 Å². The molecule has 0 bridgehead atoms. The van der Waals surface area contributed by atoms with Gasteiger partial charge in [-0.25, -0.2) is 0 Å². The molecule has 0 aliphatic rings. The molecule has 0 saturated heterocycles. The maximum atomic E-state index is 4.14. The van der Waals surface area contributed by atoms with E-state index in [-0.39, 0.29) is 0 Å². The van der Waals surface area contributed by atoms with Crippen LogP contribution in [0.2, 0.25) is 0 Å². The highest BCUT2D eigenvalue weighted by Crippen LogP contribution is 2.17. The molecule has 4 heteroatoms. The first-order valence-corrected chi connectivity index (χ1v) is 5.01. The van der Waals surface area contributed by atoms with Gasteiger partial charge in [-0.3, -0.25) is 9.97 Å². The van der Waals surface area contributed by atoms with Crippen molar-refractivity contribution in [3.63, 3.8) is 0 Å². The maximum absolute atomic E-state index is 4.14. The Bertz CT molecular complexity index is 472. The fourth-order valence-corrected chi connectivity index (χ4v) is 1.30. The van der Waals surface area contributed by atoms with Crippen molar-refractivity contribution in [1.82, 2.24) is 9.97 Å². The van der Waals surface area contributed by atoms with Crippen LogP contribution in [0.4, 0.5) is 11.4 Å². The lowest BCUT2D eigenvalue weighted by Gasteiger charge is -1.95. The van der Waals surface area contributed by atoms with E-state index >= 15 is 0 Å². The van der Waals surface area contributed by atoms with Crippen LogP contribution in [0, 0.1) is 13.8 Å². The molecule has 0 N–H and O–H groups in total. The third kappa shape index (κ3) is 2.70. The lowest BCUT2D eigenvalue weighted by atomic mass is 10.3. The van der Waals surface area contributed by atoms with Crippen LogP contribution < -0.4 is 0 Å². The molecule has 2 aromatic rings. The topological polar surface area (TPSA) is 50.5 Å². The monoisotopic (exact) mass is 212 g/mol. The van der Waals surface area contributed by atoms with Gasteiger partial charge in [0.2, 0.25) is 0 Å². The number of hydrogen-bond donors (Lipinski definition) is 0. The molecule has 0 unspecified atom stereocenters. The van der Waals surface area contributed by atoms with Crippen molar-refractivity contribution in [3.05, 3.63) is 48.0 Å². The third-order valence-electron chi connectivity index (χ3n) is 2.04. The average Bonchev–Trinajstić information content (AvgIpc) is 2.27. The highest BCUT2D eigenvalue weighted by atomic mass is 15.1. The van der Waals surface area contributed by atoms with Crippen molar-refractivity contribution < 1.29 is 0 Å². The van der Waals surface area contributed by atoms with Crippen LogP contribution in [0.5, 0.6) is 0 Å². The molecule has 80 valence electrons. The predicted molar refractivity (Wildman–Crippen MR) is 62.1 cm³/mol. The standard InChI is InChI=1S/C12H12N4/c1-9-7-11(3-5-13-9)15-16-12-4-6-14-10(2)8-12/h3-8H,1-2H3. The van der Waals surface area contributed by atoms with Gasteiger partial charge in [-0.2, -0.15) is 10.2 Å². The average molecular weight is 212 g/mol. The minimum atomic E-state index is 0.807. The van der Waals surface area contributed by atoms with Crippen LogP contribution in [0.15, 0.2) is 46.9 Å². The number of azo groups is 1. The SMILES string of the molecule is Cc1cc(N=Nc2ccnc(C)c2)ccn1. The number of rotatable bonds is 2. The van der Waals surface area contributed by atoms with Gasteiger partial charge in [0.25, 0.3) is 0 Å². The van der Waals surface area contributed by atoms with Gasteiger partial charge in [-0.15, -0.1) is 0 Å². The normalized spacial score (nSPS) is 10.9. The molecule has 16 heavy (non-hydrogen) atoms. The fourth-order valence-electron chi connectivity index (χ4n) is 1.30. The van der Waals surface area contributed by atoms with E-state index in [2.05, 4.69) is 20.2 Å². The third-order valence-corrected chi connectivity index (χ3v) is 2.04. The summed E-state index contributed by atoms with van der Waals surface area (Å²) >= 11 is 0. The zero-order chi connectivity index (χ0) is 11.4. The molecular formula is C12H12N4. The molecule has 0 atom stereocenters. The lowest BCUT2D eigenvalue weighted by Crippen LogP contribution is -1.77. The van der Waals surface area contributed by atoms with Gasteiger partial charge in [0.15, 0.2) is 0 Å². The Kier molecular flexibility index (Phi) is 3.00. The van der Waals surface area contributed by atoms with E-state index in [9.17, 15) is 0 Å². The van der Waals surface area contributed by atoms with Gasteiger partial charge >= 0.3 is 0 Å². The molecule has 0 spiro atoms. The van der Waals surface area contributed by atoms with Gasteiger partial charge in [-0.1, -0.05) is 0 Å². The van der Waals surface area contributed by atoms with E-state index in [0.717, 1.165) is 22.8 Å². The van der Waals surface area contributed by atoms with Crippen LogP contribution in [-0.2, 0) is 0 Å². The van der Waals surface area contributed by atoms with Crippen molar-refractivity contribution in [3.8, 4) is 0 Å². The zero-order valence-corrected chi connectivity index (χ0v) is 9.25. The Hall–Kier alpha value is -2.10. The molecule has 2 heterocycles. The molecule has 0 saturated carbocycles. The number of pyridine rings is 2. The first kappa shape index (κ1) is 10.4. The Morgan fingerprint density at radius 3 is 1.62 bits per heavy atom. The van der Waals surface area contributed by atoms with E-state index in [1.807, 2.05) is 38.1 Å². The van der Waals surface area contributed by atoms with Gasteiger partial charge in [0.05, 0.1) is 11.4 Å². The number of hydrogen-bond acceptors (Lipinski definition) is 4. The summed E-state index contributed by atoms with van der Waals surface area (Å²) in [6, 6.07) is 7.42. The summed E-state index contributed by atoms with van der Waals surface area (Å²) in [4.78, 5) is 8.19. The Labute approximate surface area is 94.1 Å². The van der Waals surface area contributed by atoms with Gasteiger partial charge < -0.3 is 0 Å². The molecule has 0 aliphatic heterocycles. The first-order valence-electron chi connectivity index (χ1n) is 5.01. The minimum Gasteiger partial charge on any atom is -0.261 e. The van der Waals surface area contributed by atoms with Crippen molar-refractivity contribution >= 4 is 11.4 Å². The molecule has 0 aromatic carbocycles. The first-order chi connectivity index (χ1) is 7.74. The summed E-state index contributed by atoms with van der Waals surface area (Å²) in [6.45, 7) is 3.85. The van der Waals surface area contributed by atoms with Gasteiger partial charge in [0, 0.05) is 23.8 Å². The van der Waals surface area contributed by atoms with Crippen molar-refractivity contribution in [2.24, 2.45) is 10.2 Å². The van der Waals surface area contributed by atoms with Crippen LogP contribution in [0.1, 0.15) is 11.4 Å². The smallest absolute Gasteiger partial charge is 0.0890 e. The zero-order valence-electron chi connectivity index (χ0n) is 9.25. The van der Waals surface area contributed by atoms with Crippen LogP contribution in [0.25, 0.3) is 0 Å². The van der Waals surface area contributed by atoms with E-state index in [1.165, 1.54) is 0 Å². The van der Waals surface area contributed by atoms with E-state index in [1.54, 1.807) is 12.4 Å². The fraction of sp³-hybridized carbons (Fsp3) is 0.167. The summed E-state index contributed by atoms with van der Waals surface area (Å²) in [5.41, 5.74) is 3.48. The van der Waals surface area contributed by atoms with Crippen LogP contribution in [0.3, 0.4) is 0 Å². The molecule has 2 rings (SSSR count). The summed E-state index contributed by atoms with van der Waals surface area (Å²) in [5.74, 6) is 0. The number of aryl methyl sites for hydroxylation is 2. The Morgan fingerprint density at radius 1 is 0.812 bits per heavy atom. The quantitative estimate of drug-likeness (QED) is 0.715. The second-order valence-corrected chi connectivity index (χ2v) is 3.51. The van der Waals surface area contributed by atoms with E-state index in [0.29, 0.717) is 0 Å². The molecule has 0 aliphatic carbocycles. The molecule has 2 aromatic heterocycles. The van der Waals surface area contributed by atoms with Crippen LogP contribution in [-0.4, -0.2) is 9.97 Å². The molecule has 4 nitrogen and oxygen atoms in total. The highest BCUT2D eigenvalue weighted by Gasteiger charge is 1.92. The van der Waals surface area contributed by atoms with Crippen LogP contribution >= 0.6 is 0 Å². The summed E-state index contributed by atoms with van der Waals surface area (Å²) in [5, 5.41) is 8.27. The molecule has 0 radical (unpaired) electrons. The number of aromatic nitrogens is 2. The largest absolute Gasteiger partial charge is 0.261 e. The lowest BCUT2D eigenvalue weighted by molar-refractivity contribution is 1.14. The summed E-state index contributed by atoms with van der Waals surface area (Å²) in [7, 11) is 0. The summed E-state index contributed by atoms with van der Waals surface area (Å²) in [6.07, 6.45) is 3.45. The Balaban J connectivity index is 2.21. The highest BCUT2D eigenvalue weighted by molar-refractivity contribution is 5.39. The molecule has 0 amide bonds. The van der Waals surface area contributed by atoms with E-state index < -0.39 is 0 Å². The Morgan fingerprint density at radius 2 is 1.25 bits per heavy atom. The second kappa shape index (κ2) is 4.61.